The molecule has 0 spiro atoms. The van der Waals surface area contributed by atoms with Crippen molar-refractivity contribution in [3.8, 4) is 0 Å². The SMILES string of the molecule is CSc1nc2ccc(Br)cc2n1CCCO. The number of benzene rings is 1. The first kappa shape index (κ1) is 12.0. The van der Waals surface area contributed by atoms with Crippen molar-refractivity contribution in [3.05, 3.63) is 22.7 Å². The van der Waals surface area contributed by atoms with Gasteiger partial charge in [-0.25, -0.2) is 4.98 Å². The number of nitrogens with zero attached hydrogens (tertiary/aromatic N) is 2. The van der Waals surface area contributed by atoms with E-state index in [0.29, 0.717) is 0 Å². The van der Waals surface area contributed by atoms with Crippen molar-refractivity contribution in [2.75, 3.05) is 12.9 Å². The van der Waals surface area contributed by atoms with Gasteiger partial charge in [-0.3, -0.25) is 0 Å². The minimum Gasteiger partial charge on any atom is -0.396 e. The zero-order chi connectivity index (χ0) is 11.5. The van der Waals surface area contributed by atoms with Gasteiger partial charge in [0.25, 0.3) is 0 Å². The van der Waals surface area contributed by atoms with Gasteiger partial charge in [-0.05, 0) is 30.9 Å². The molecule has 1 aromatic heterocycles. The number of thioether (sulfide) groups is 1. The second kappa shape index (κ2) is 5.21. The monoisotopic (exact) mass is 300 g/mol. The molecule has 0 aliphatic heterocycles. The molecule has 0 bridgehead atoms. The van der Waals surface area contributed by atoms with Crippen LogP contribution in [-0.2, 0) is 6.54 Å². The summed E-state index contributed by atoms with van der Waals surface area (Å²) in [4.78, 5) is 4.55. The van der Waals surface area contributed by atoms with Gasteiger partial charge in [-0.15, -0.1) is 0 Å². The second-order valence-corrected chi connectivity index (χ2v) is 5.15. The number of rotatable bonds is 4. The highest BCUT2D eigenvalue weighted by molar-refractivity contribution is 9.10. The van der Waals surface area contributed by atoms with Crippen LogP contribution in [0.5, 0.6) is 0 Å². The smallest absolute Gasteiger partial charge is 0.168 e. The number of hydrogen-bond acceptors (Lipinski definition) is 3. The lowest BCUT2D eigenvalue weighted by Crippen LogP contribution is -2.01. The van der Waals surface area contributed by atoms with Gasteiger partial charge >= 0.3 is 0 Å². The number of fused-ring (bicyclic) bond motifs is 1. The Morgan fingerprint density at radius 2 is 2.31 bits per heavy atom. The fourth-order valence-electron chi connectivity index (χ4n) is 1.67. The summed E-state index contributed by atoms with van der Waals surface area (Å²) in [5.74, 6) is 0. The highest BCUT2D eigenvalue weighted by Gasteiger charge is 2.09. The van der Waals surface area contributed by atoms with Crippen LogP contribution < -0.4 is 0 Å². The van der Waals surface area contributed by atoms with Crippen molar-refractivity contribution < 1.29 is 5.11 Å². The van der Waals surface area contributed by atoms with Crippen molar-refractivity contribution in [2.45, 2.75) is 18.1 Å². The van der Waals surface area contributed by atoms with Gasteiger partial charge in [0.2, 0.25) is 0 Å². The first-order valence-corrected chi connectivity index (χ1v) is 7.08. The molecule has 1 heterocycles. The van der Waals surface area contributed by atoms with E-state index in [1.807, 2.05) is 18.4 Å². The molecule has 0 saturated heterocycles. The van der Waals surface area contributed by atoms with Crippen LogP contribution in [0, 0.1) is 0 Å². The Balaban J connectivity index is 2.52. The first-order chi connectivity index (χ1) is 7.76. The normalized spacial score (nSPS) is 11.2. The molecule has 0 radical (unpaired) electrons. The van der Waals surface area contributed by atoms with E-state index in [1.165, 1.54) is 0 Å². The zero-order valence-electron chi connectivity index (χ0n) is 8.98. The van der Waals surface area contributed by atoms with Gasteiger partial charge in [0.1, 0.15) is 0 Å². The van der Waals surface area contributed by atoms with E-state index < -0.39 is 0 Å². The van der Waals surface area contributed by atoms with Crippen LogP contribution in [0.3, 0.4) is 0 Å². The van der Waals surface area contributed by atoms with Crippen molar-refractivity contribution in [1.82, 2.24) is 9.55 Å². The van der Waals surface area contributed by atoms with Crippen LogP contribution in [0.15, 0.2) is 27.8 Å². The Bertz CT molecular complexity index is 498. The molecule has 16 heavy (non-hydrogen) atoms. The minimum atomic E-state index is 0.210. The maximum atomic E-state index is 8.91. The maximum Gasteiger partial charge on any atom is 0.168 e. The van der Waals surface area contributed by atoms with Crippen LogP contribution in [-0.4, -0.2) is 27.5 Å². The molecule has 0 fully saturated rings. The predicted octanol–water partition coefficient (Wildman–Crippen LogP) is 2.90. The highest BCUT2D eigenvalue weighted by Crippen LogP contribution is 2.25. The summed E-state index contributed by atoms with van der Waals surface area (Å²) in [6.07, 6.45) is 2.78. The number of hydrogen-bond donors (Lipinski definition) is 1. The van der Waals surface area contributed by atoms with Crippen molar-refractivity contribution >= 4 is 38.7 Å². The molecule has 0 amide bonds. The zero-order valence-corrected chi connectivity index (χ0v) is 11.4. The van der Waals surface area contributed by atoms with Gasteiger partial charge in [-0.1, -0.05) is 27.7 Å². The molecule has 2 rings (SSSR count). The van der Waals surface area contributed by atoms with Gasteiger partial charge in [0.15, 0.2) is 5.16 Å². The quantitative estimate of drug-likeness (QED) is 0.882. The molecule has 0 atom stereocenters. The van der Waals surface area contributed by atoms with E-state index in [1.54, 1.807) is 11.8 Å². The van der Waals surface area contributed by atoms with Gasteiger partial charge in [0, 0.05) is 17.6 Å². The van der Waals surface area contributed by atoms with Crippen molar-refractivity contribution in [3.63, 3.8) is 0 Å². The Hall–Kier alpha value is -0.520. The Morgan fingerprint density at radius 3 is 3.00 bits per heavy atom. The average Bonchev–Trinajstić information content (AvgIpc) is 2.63. The second-order valence-electron chi connectivity index (χ2n) is 3.46. The summed E-state index contributed by atoms with van der Waals surface area (Å²) in [5, 5.41) is 9.91. The van der Waals surface area contributed by atoms with Crippen molar-refractivity contribution in [2.24, 2.45) is 0 Å². The van der Waals surface area contributed by atoms with E-state index in [0.717, 1.165) is 33.6 Å². The van der Waals surface area contributed by atoms with Crippen LogP contribution >= 0.6 is 27.7 Å². The topological polar surface area (TPSA) is 38.0 Å². The molecule has 0 unspecified atom stereocenters. The van der Waals surface area contributed by atoms with Crippen LogP contribution in [0.4, 0.5) is 0 Å². The summed E-state index contributed by atoms with van der Waals surface area (Å²) in [5.41, 5.74) is 2.12. The largest absolute Gasteiger partial charge is 0.396 e. The number of imidazole rings is 1. The fourth-order valence-corrected chi connectivity index (χ4v) is 2.62. The van der Waals surface area contributed by atoms with Crippen LogP contribution in [0.1, 0.15) is 6.42 Å². The molecule has 86 valence electrons. The van der Waals surface area contributed by atoms with E-state index in [2.05, 4.69) is 31.5 Å². The summed E-state index contributed by atoms with van der Waals surface area (Å²) in [6, 6.07) is 6.07. The molecule has 1 aromatic carbocycles. The number of aliphatic hydroxyl groups excluding tert-OH is 1. The number of aliphatic hydroxyl groups is 1. The van der Waals surface area contributed by atoms with Gasteiger partial charge in [0.05, 0.1) is 11.0 Å². The standard InChI is InChI=1S/C11H13BrN2OS/c1-16-11-13-9-4-3-8(12)7-10(9)14(11)5-2-6-15/h3-4,7,15H,2,5-6H2,1H3. The third-order valence-electron chi connectivity index (χ3n) is 2.40. The lowest BCUT2D eigenvalue weighted by molar-refractivity contribution is 0.279. The summed E-state index contributed by atoms with van der Waals surface area (Å²) < 4.78 is 3.21. The molecular weight excluding hydrogens is 288 g/mol. The lowest BCUT2D eigenvalue weighted by Gasteiger charge is -2.06. The number of aromatic nitrogens is 2. The van der Waals surface area contributed by atoms with Crippen LogP contribution in [0.25, 0.3) is 11.0 Å². The molecule has 0 aliphatic rings. The minimum absolute atomic E-state index is 0.210. The van der Waals surface area contributed by atoms with Gasteiger partial charge < -0.3 is 9.67 Å². The summed E-state index contributed by atoms with van der Waals surface area (Å²) >= 11 is 5.10. The Labute approximate surface area is 107 Å². The molecule has 2 aromatic rings. The average molecular weight is 301 g/mol. The van der Waals surface area contributed by atoms with E-state index in [4.69, 9.17) is 5.11 Å². The molecule has 3 nitrogen and oxygen atoms in total. The maximum absolute atomic E-state index is 8.91. The van der Waals surface area contributed by atoms with E-state index >= 15 is 0 Å². The number of aryl methyl sites for hydroxylation is 1. The lowest BCUT2D eigenvalue weighted by atomic mass is 10.3. The third kappa shape index (κ3) is 2.26. The molecule has 0 aliphatic carbocycles. The molecule has 0 saturated carbocycles. The summed E-state index contributed by atoms with van der Waals surface area (Å²) in [7, 11) is 0. The van der Waals surface area contributed by atoms with Crippen LogP contribution in [0.2, 0.25) is 0 Å². The van der Waals surface area contributed by atoms with Gasteiger partial charge in [-0.2, -0.15) is 0 Å². The predicted molar refractivity (Wildman–Crippen MR) is 70.9 cm³/mol. The molecule has 1 N–H and O–H groups in total. The Morgan fingerprint density at radius 1 is 1.50 bits per heavy atom. The fraction of sp³-hybridized carbons (Fsp3) is 0.364. The summed E-state index contributed by atoms with van der Waals surface area (Å²) in [6.45, 7) is 1.02. The Kier molecular flexibility index (Phi) is 3.89. The molecular formula is C11H13BrN2OS. The van der Waals surface area contributed by atoms with Crippen molar-refractivity contribution in [1.29, 1.82) is 0 Å². The third-order valence-corrected chi connectivity index (χ3v) is 3.57. The molecule has 5 heteroatoms. The highest BCUT2D eigenvalue weighted by atomic mass is 79.9. The number of halogens is 1. The first-order valence-electron chi connectivity index (χ1n) is 5.07. The van der Waals surface area contributed by atoms with E-state index in [9.17, 15) is 0 Å². The van der Waals surface area contributed by atoms with E-state index in [-0.39, 0.29) is 6.61 Å².